The van der Waals surface area contributed by atoms with E-state index in [1.807, 2.05) is 20.8 Å². The first-order valence-electron chi connectivity index (χ1n) is 35.0. The molecule has 25 nitrogen and oxygen atoms in total. The summed E-state index contributed by atoms with van der Waals surface area (Å²) >= 11 is 6.13. The maximum Gasteiger partial charge on any atom is 0.417 e. The summed E-state index contributed by atoms with van der Waals surface area (Å²) in [5.74, 6) is -9.18. The molecule has 0 bridgehead atoms. The van der Waals surface area contributed by atoms with Gasteiger partial charge in [-0.2, -0.15) is 13.2 Å². The summed E-state index contributed by atoms with van der Waals surface area (Å²) < 4.78 is 47.4. The molecule has 2 aliphatic carbocycles. The second-order valence-electron chi connectivity index (χ2n) is 29.7. The fourth-order valence-electron chi connectivity index (χ4n) is 13.8. The maximum absolute atomic E-state index is 15.3. The Morgan fingerprint density at radius 2 is 1.31 bits per heavy atom. The van der Waals surface area contributed by atoms with Gasteiger partial charge in [0.15, 0.2) is 0 Å². The summed E-state index contributed by atoms with van der Waals surface area (Å²) in [4.78, 5) is 183. The monoisotopic (exact) mass is 1420 g/mol. The van der Waals surface area contributed by atoms with Crippen LogP contribution >= 0.6 is 11.6 Å². The zero-order chi connectivity index (χ0) is 74.2. The molecule has 4 fully saturated rings. The molecular weight excluding hydrogens is 1310 g/mol. The smallest absolute Gasteiger partial charge is 0.369 e. The van der Waals surface area contributed by atoms with E-state index in [2.05, 4.69) is 26.6 Å². The molecule has 99 heavy (non-hydrogen) atoms. The lowest BCUT2D eigenvalue weighted by Gasteiger charge is -2.39. The number of amides is 12. The molecule has 1 aromatic carbocycles. The third kappa shape index (κ3) is 23.2. The van der Waals surface area contributed by atoms with Crippen molar-refractivity contribution >= 4 is 82.5 Å². The van der Waals surface area contributed by atoms with Crippen LogP contribution in [0.25, 0.3) is 0 Å². The summed E-state index contributed by atoms with van der Waals surface area (Å²) in [6, 6.07) is -5.42. The number of halogens is 4. The minimum absolute atomic E-state index is 0.0145. The van der Waals surface area contributed by atoms with Crippen LogP contribution in [0.3, 0.4) is 0 Å². The first-order valence-corrected chi connectivity index (χ1v) is 35.4. The van der Waals surface area contributed by atoms with Crippen molar-refractivity contribution in [3.8, 4) is 0 Å². The molecule has 1 aromatic rings. The van der Waals surface area contributed by atoms with Crippen molar-refractivity contribution in [2.45, 2.75) is 231 Å². The predicted molar refractivity (Wildman–Crippen MR) is 366 cm³/mol. The van der Waals surface area contributed by atoms with Gasteiger partial charge in [0.05, 0.1) is 42.9 Å². The van der Waals surface area contributed by atoms with E-state index >= 15 is 9.59 Å². The van der Waals surface area contributed by atoms with Gasteiger partial charge in [-0.15, -0.1) is 0 Å². The van der Waals surface area contributed by atoms with Crippen LogP contribution in [-0.4, -0.2) is 240 Å². The molecule has 0 aromatic heterocycles. The number of hydrogen-bond acceptors (Lipinski definition) is 13. The van der Waals surface area contributed by atoms with E-state index in [4.69, 9.17) is 16.3 Å². The molecule has 8 atom stereocenters. The van der Waals surface area contributed by atoms with Gasteiger partial charge in [0.1, 0.15) is 48.4 Å². The first kappa shape index (κ1) is 82.6. The first-order chi connectivity index (χ1) is 46.2. The predicted octanol–water partition coefficient (Wildman–Crippen LogP) is 5.08. The number of alkyl halides is 3. The van der Waals surface area contributed by atoms with Crippen LogP contribution in [0.15, 0.2) is 18.2 Å². The number of carbonyl (C=O) groups is 12. The van der Waals surface area contributed by atoms with Crippen molar-refractivity contribution in [2.75, 3.05) is 81.7 Å². The minimum atomic E-state index is -4.76. The molecule has 0 unspecified atom stereocenters. The highest BCUT2D eigenvalue weighted by atomic mass is 35.5. The highest BCUT2D eigenvalue weighted by Crippen LogP contribution is 2.37. The highest BCUT2D eigenvalue weighted by Gasteiger charge is 2.50. The summed E-state index contributed by atoms with van der Waals surface area (Å²) in [5, 5.41) is 13.7. The van der Waals surface area contributed by atoms with E-state index in [0.717, 1.165) is 58.9 Å². The maximum atomic E-state index is 15.3. The molecular formula is C70H110ClF3N12O13. The lowest BCUT2D eigenvalue weighted by molar-refractivity contribution is -0.150. The van der Waals surface area contributed by atoms with Crippen molar-refractivity contribution < 1.29 is 75.4 Å². The van der Waals surface area contributed by atoms with Gasteiger partial charge in [0, 0.05) is 60.8 Å². The average Bonchev–Trinajstić information content (AvgIpc) is 1.72. The van der Waals surface area contributed by atoms with E-state index in [9.17, 15) is 61.1 Å². The Morgan fingerprint density at radius 1 is 0.697 bits per heavy atom. The Hall–Kier alpha value is -7.10. The standard InChI is InChI=1S/C70H110ClF3N12O13/c1-16-44(6)59-66(97)82(12)38-57(90)80(10)39-58(91)84(14)53(35-45-23-18-17-19-24-45)65(96)81(11)37-54(87)76-50(29-27-46-26-28-48(49(71)34-46)70(72,73)74)64(95)86-32-22-25-51(86)62(93)79-69(30-20-21-31-69)67(98)85(15)60(43(4)5)63(94)75-47(40-99-41-55(88)78-68(7,8)9)36-56(89)83(13)52(33-42(2)3)61(92)77-59/h26,28,34,42-45,47,50-53,59-60H,16-25,27,29-33,35-41H2,1-15H3,(H,75,94)(H,76,87)(H,77,92)(H,78,88)(H,79,93)/t44-,47-,50-,51-,52-,53-,59-,60-/m0/s1. The minimum Gasteiger partial charge on any atom is -0.369 e. The molecule has 2 heterocycles. The third-order valence-electron chi connectivity index (χ3n) is 19.6. The number of fused-ring (bicyclic) bond motifs is 1. The molecule has 2 aliphatic heterocycles. The number of hydrogen-bond donors (Lipinski definition) is 5. The number of nitrogens with one attached hydrogen (secondary N) is 5. The molecule has 29 heteroatoms. The Labute approximate surface area is 587 Å². The van der Waals surface area contributed by atoms with Crippen molar-refractivity contribution in [1.29, 1.82) is 0 Å². The summed E-state index contributed by atoms with van der Waals surface area (Å²) in [7, 11) is 8.39. The molecule has 2 saturated carbocycles. The summed E-state index contributed by atoms with van der Waals surface area (Å²) in [6.45, 7) is 13.5. The molecule has 1 spiro atoms. The number of benzene rings is 1. The largest absolute Gasteiger partial charge is 0.417 e. The second-order valence-corrected chi connectivity index (χ2v) is 30.1. The van der Waals surface area contributed by atoms with Crippen LogP contribution in [0, 0.1) is 23.7 Å². The van der Waals surface area contributed by atoms with Crippen LogP contribution < -0.4 is 26.6 Å². The Morgan fingerprint density at radius 3 is 1.90 bits per heavy atom. The van der Waals surface area contributed by atoms with Crippen LogP contribution in [0.1, 0.15) is 176 Å². The molecule has 556 valence electrons. The average molecular weight is 1420 g/mol. The second kappa shape index (κ2) is 36.5. The third-order valence-corrected chi connectivity index (χ3v) is 19.9. The Kier molecular flexibility index (Phi) is 30.4. The van der Waals surface area contributed by atoms with Gasteiger partial charge in [-0.1, -0.05) is 111 Å². The van der Waals surface area contributed by atoms with Gasteiger partial charge in [-0.3, -0.25) is 57.5 Å². The van der Waals surface area contributed by atoms with Crippen molar-refractivity contribution in [2.24, 2.45) is 23.7 Å². The molecule has 4 aliphatic rings. The molecule has 0 radical (unpaired) electrons. The van der Waals surface area contributed by atoms with Crippen LogP contribution in [0.2, 0.25) is 5.02 Å². The quantitative estimate of drug-likeness (QED) is 0.163. The SMILES string of the molecule is CC[C@H](C)[C@@H]1NC(=O)[C@H](CC(C)C)N(C)C(=O)C[C@@H](COCC(=O)NC(C)(C)C)NC(=O)[C@H](C(C)C)N(C)C(=O)C2(CCCC2)NC(=O)[C@@H]2CCCN2C(=O)[C@H](CCc2ccc(C(F)(F)F)c(Cl)c2)NC(=O)CN(C)C(=O)[C@H](CC2CCCCC2)N(C)C(=O)CN(C)C(=O)CN(C)C1=O. The van der Waals surface area contributed by atoms with Gasteiger partial charge >= 0.3 is 6.18 Å². The van der Waals surface area contributed by atoms with Crippen LogP contribution in [-0.2, 0) is 74.9 Å². The molecule has 2 saturated heterocycles. The Balaban J connectivity index is 1.59. The van der Waals surface area contributed by atoms with Crippen molar-refractivity contribution in [3.05, 3.63) is 34.3 Å². The zero-order valence-electron chi connectivity index (χ0n) is 60.8. The Bertz CT molecular complexity index is 3050. The summed E-state index contributed by atoms with van der Waals surface area (Å²) in [5.41, 5.74) is -2.99. The summed E-state index contributed by atoms with van der Waals surface area (Å²) in [6.07, 6.45) is 1.26. The van der Waals surface area contributed by atoms with E-state index < -0.39 is 186 Å². The van der Waals surface area contributed by atoms with E-state index in [1.165, 1.54) is 68.0 Å². The van der Waals surface area contributed by atoms with E-state index in [-0.39, 0.29) is 69.9 Å². The van der Waals surface area contributed by atoms with E-state index in [0.29, 0.717) is 31.2 Å². The number of nitrogens with zero attached hydrogens (tertiary/aromatic N) is 7. The lowest BCUT2D eigenvalue weighted by Crippen LogP contribution is -2.64. The van der Waals surface area contributed by atoms with Crippen molar-refractivity contribution in [3.63, 3.8) is 0 Å². The lowest BCUT2D eigenvalue weighted by atomic mass is 9.84. The van der Waals surface area contributed by atoms with Crippen LogP contribution in [0.5, 0.6) is 0 Å². The van der Waals surface area contributed by atoms with Gasteiger partial charge in [0.2, 0.25) is 70.9 Å². The van der Waals surface area contributed by atoms with E-state index in [1.54, 1.807) is 41.5 Å². The number of rotatable bonds is 14. The zero-order valence-corrected chi connectivity index (χ0v) is 61.6. The number of aryl methyl sites for hydroxylation is 1. The molecule has 5 rings (SSSR count). The van der Waals surface area contributed by atoms with Gasteiger partial charge in [-0.25, -0.2) is 0 Å². The highest BCUT2D eigenvalue weighted by molar-refractivity contribution is 6.31. The normalized spacial score (nSPS) is 25.1. The topological polar surface area (TPSA) is 297 Å². The molecule has 5 N–H and O–H groups in total. The fourth-order valence-corrected chi connectivity index (χ4v) is 14.1. The molecule has 12 amide bonds. The number of carbonyl (C=O) groups excluding carboxylic acids is 12. The number of ether oxygens (including phenoxy) is 1. The van der Waals surface area contributed by atoms with Gasteiger partial charge in [-0.05, 0) is 114 Å². The van der Waals surface area contributed by atoms with Gasteiger partial charge < -0.3 is 65.6 Å². The van der Waals surface area contributed by atoms with Gasteiger partial charge in [0.25, 0.3) is 0 Å². The number of likely N-dealkylation sites (N-methyl/N-ethyl adjacent to an activating group) is 6. The van der Waals surface area contributed by atoms with Crippen molar-refractivity contribution in [1.82, 2.24) is 60.9 Å². The fraction of sp³-hybridized carbons (Fsp3) is 0.743. The van der Waals surface area contributed by atoms with Crippen LogP contribution in [0.4, 0.5) is 13.2 Å².